The van der Waals surface area contributed by atoms with Crippen LogP contribution in [0.5, 0.6) is 0 Å². The molecule has 1 heterocycles. The van der Waals surface area contributed by atoms with Gasteiger partial charge in [-0.2, -0.15) is 0 Å². The van der Waals surface area contributed by atoms with Gasteiger partial charge in [0.15, 0.2) is 0 Å². The topological polar surface area (TPSA) is 17.3 Å². The monoisotopic (exact) mass is 127 g/mol. The molecular formula is C7H15N2. The van der Waals surface area contributed by atoms with Crippen LogP contribution < -0.4 is 5.32 Å². The predicted octanol–water partition coefficient (Wildman–Crippen LogP) is 0.315. The van der Waals surface area contributed by atoms with E-state index < -0.39 is 0 Å². The summed E-state index contributed by atoms with van der Waals surface area (Å²) in [4.78, 5) is 2.40. The zero-order valence-corrected chi connectivity index (χ0v) is 6.30. The van der Waals surface area contributed by atoms with Crippen molar-refractivity contribution in [3.8, 4) is 0 Å². The van der Waals surface area contributed by atoms with Crippen LogP contribution in [0.2, 0.25) is 0 Å². The zero-order valence-electron chi connectivity index (χ0n) is 6.30. The maximum atomic E-state index is 4.34. The third-order valence-corrected chi connectivity index (χ3v) is 2.05. The Bertz CT molecular complexity index is 83.0. The average molecular weight is 127 g/mol. The van der Waals surface area contributed by atoms with Gasteiger partial charge in [0.05, 0.1) is 0 Å². The first-order chi connectivity index (χ1) is 4.34. The number of hydrogen-bond donors (Lipinski definition) is 0. The Balaban J connectivity index is 2.30. The molecule has 1 atom stereocenters. The highest BCUT2D eigenvalue weighted by Gasteiger charge is 2.16. The Labute approximate surface area is 57.2 Å². The fourth-order valence-electron chi connectivity index (χ4n) is 1.23. The fourth-order valence-corrected chi connectivity index (χ4v) is 1.23. The standard InChI is InChI=1S/C7H15N2/c1-3-7-6-8-4-5-9(7)2/h7H,3-6H2,1-2H3. The molecule has 53 valence electrons. The molecule has 1 radical (unpaired) electrons. The molecule has 0 spiro atoms. The van der Waals surface area contributed by atoms with Crippen LogP contribution in [0.4, 0.5) is 0 Å². The van der Waals surface area contributed by atoms with Gasteiger partial charge in [-0.05, 0) is 13.5 Å². The van der Waals surface area contributed by atoms with Gasteiger partial charge in [0.25, 0.3) is 0 Å². The van der Waals surface area contributed by atoms with Gasteiger partial charge in [0.1, 0.15) is 0 Å². The van der Waals surface area contributed by atoms with Crippen LogP contribution in [0.15, 0.2) is 0 Å². The van der Waals surface area contributed by atoms with Gasteiger partial charge < -0.3 is 4.90 Å². The predicted molar refractivity (Wildman–Crippen MR) is 38.6 cm³/mol. The lowest BCUT2D eigenvalue weighted by Crippen LogP contribution is -2.45. The highest BCUT2D eigenvalue weighted by molar-refractivity contribution is 4.74. The molecule has 1 fully saturated rings. The highest BCUT2D eigenvalue weighted by Crippen LogP contribution is 2.03. The Morgan fingerprint density at radius 3 is 2.89 bits per heavy atom. The second kappa shape index (κ2) is 3.18. The molecule has 0 amide bonds. The molecule has 0 aromatic rings. The minimum atomic E-state index is 0.721. The van der Waals surface area contributed by atoms with Crippen molar-refractivity contribution in [1.29, 1.82) is 0 Å². The van der Waals surface area contributed by atoms with Crippen molar-refractivity contribution < 1.29 is 0 Å². The Kier molecular flexibility index (Phi) is 2.49. The van der Waals surface area contributed by atoms with E-state index in [1.807, 2.05) is 0 Å². The largest absolute Gasteiger partial charge is 0.301 e. The van der Waals surface area contributed by atoms with E-state index in [9.17, 15) is 0 Å². The molecule has 0 aromatic heterocycles. The quantitative estimate of drug-likeness (QED) is 0.495. The van der Waals surface area contributed by atoms with Gasteiger partial charge in [-0.1, -0.05) is 6.92 Å². The molecule has 1 unspecified atom stereocenters. The summed E-state index contributed by atoms with van der Waals surface area (Å²) in [6.45, 7) is 5.46. The van der Waals surface area contributed by atoms with Crippen molar-refractivity contribution >= 4 is 0 Å². The Hall–Kier alpha value is -0.0800. The third-order valence-electron chi connectivity index (χ3n) is 2.05. The van der Waals surface area contributed by atoms with Crippen molar-refractivity contribution in [2.24, 2.45) is 0 Å². The maximum Gasteiger partial charge on any atom is 0.0290 e. The molecule has 1 aliphatic heterocycles. The maximum absolute atomic E-state index is 4.34. The number of hydrogen-bond acceptors (Lipinski definition) is 1. The first kappa shape index (κ1) is 7.03. The lowest BCUT2D eigenvalue weighted by molar-refractivity contribution is 0.193. The van der Waals surface area contributed by atoms with Crippen LogP contribution in [0, 0.1) is 0 Å². The second-order valence-electron chi connectivity index (χ2n) is 2.67. The number of piperazine rings is 1. The summed E-state index contributed by atoms with van der Waals surface area (Å²) in [5.74, 6) is 0. The van der Waals surface area contributed by atoms with Crippen molar-refractivity contribution in [1.82, 2.24) is 10.2 Å². The normalized spacial score (nSPS) is 30.7. The molecular weight excluding hydrogens is 112 g/mol. The van der Waals surface area contributed by atoms with E-state index in [1.165, 1.54) is 6.42 Å². The van der Waals surface area contributed by atoms with Gasteiger partial charge in [0, 0.05) is 25.7 Å². The molecule has 1 aliphatic rings. The van der Waals surface area contributed by atoms with Gasteiger partial charge in [-0.15, -0.1) is 0 Å². The summed E-state index contributed by atoms with van der Waals surface area (Å²) >= 11 is 0. The van der Waals surface area contributed by atoms with Crippen LogP contribution in [0.1, 0.15) is 13.3 Å². The van der Waals surface area contributed by atoms with E-state index in [0.717, 1.165) is 25.7 Å². The number of rotatable bonds is 1. The number of likely N-dealkylation sites (N-methyl/N-ethyl adjacent to an activating group) is 1. The van der Waals surface area contributed by atoms with Gasteiger partial charge in [0.2, 0.25) is 0 Å². The summed E-state index contributed by atoms with van der Waals surface area (Å²) in [7, 11) is 2.18. The number of nitrogens with zero attached hydrogens (tertiary/aromatic N) is 2. The lowest BCUT2D eigenvalue weighted by atomic mass is 10.1. The summed E-state index contributed by atoms with van der Waals surface area (Å²) in [6, 6.07) is 0.721. The molecule has 2 nitrogen and oxygen atoms in total. The van der Waals surface area contributed by atoms with Crippen molar-refractivity contribution in [3.05, 3.63) is 0 Å². The second-order valence-corrected chi connectivity index (χ2v) is 2.67. The van der Waals surface area contributed by atoms with E-state index in [-0.39, 0.29) is 0 Å². The first-order valence-electron chi connectivity index (χ1n) is 3.68. The SMILES string of the molecule is CCC1C[N]CCN1C. The van der Waals surface area contributed by atoms with Crippen LogP contribution in [0.25, 0.3) is 0 Å². The Morgan fingerprint density at radius 2 is 2.44 bits per heavy atom. The zero-order chi connectivity index (χ0) is 6.69. The molecule has 0 aromatic carbocycles. The third kappa shape index (κ3) is 1.66. The van der Waals surface area contributed by atoms with Crippen molar-refractivity contribution in [3.63, 3.8) is 0 Å². The molecule has 0 saturated carbocycles. The van der Waals surface area contributed by atoms with Crippen molar-refractivity contribution in [2.75, 3.05) is 26.7 Å². The lowest BCUT2D eigenvalue weighted by Gasteiger charge is -2.31. The molecule has 0 N–H and O–H groups in total. The molecule has 1 saturated heterocycles. The van der Waals surface area contributed by atoms with E-state index in [0.29, 0.717) is 0 Å². The van der Waals surface area contributed by atoms with Crippen LogP contribution >= 0.6 is 0 Å². The van der Waals surface area contributed by atoms with E-state index >= 15 is 0 Å². The van der Waals surface area contributed by atoms with Crippen LogP contribution in [-0.2, 0) is 0 Å². The Morgan fingerprint density at radius 1 is 1.67 bits per heavy atom. The molecule has 2 heteroatoms. The van der Waals surface area contributed by atoms with E-state index in [2.05, 4.69) is 24.2 Å². The van der Waals surface area contributed by atoms with Gasteiger partial charge in [-0.3, -0.25) is 0 Å². The minimum absolute atomic E-state index is 0.721. The van der Waals surface area contributed by atoms with Gasteiger partial charge in [-0.25, -0.2) is 5.32 Å². The van der Waals surface area contributed by atoms with Gasteiger partial charge >= 0.3 is 0 Å². The highest BCUT2D eigenvalue weighted by atomic mass is 15.2. The molecule has 1 rings (SSSR count). The molecule has 9 heavy (non-hydrogen) atoms. The smallest absolute Gasteiger partial charge is 0.0290 e. The van der Waals surface area contributed by atoms with E-state index in [1.54, 1.807) is 0 Å². The van der Waals surface area contributed by atoms with E-state index in [4.69, 9.17) is 0 Å². The fraction of sp³-hybridized carbons (Fsp3) is 1.00. The van der Waals surface area contributed by atoms with Crippen LogP contribution in [0.3, 0.4) is 0 Å². The first-order valence-corrected chi connectivity index (χ1v) is 3.68. The summed E-state index contributed by atoms with van der Waals surface area (Å²) < 4.78 is 0. The van der Waals surface area contributed by atoms with Crippen molar-refractivity contribution in [2.45, 2.75) is 19.4 Å². The molecule has 0 bridgehead atoms. The summed E-state index contributed by atoms with van der Waals surface area (Å²) in [5, 5.41) is 4.34. The summed E-state index contributed by atoms with van der Waals surface area (Å²) in [6.07, 6.45) is 1.24. The van der Waals surface area contributed by atoms with Crippen LogP contribution in [-0.4, -0.2) is 37.6 Å². The minimum Gasteiger partial charge on any atom is -0.301 e. The summed E-state index contributed by atoms with van der Waals surface area (Å²) in [5.41, 5.74) is 0. The molecule has 0 aliphatic carbocycles. The average Bonchev–Trinajstić information content (AvgIpc) is 1.89.